The van der Waals surface area contributed by atoms with Gasteiger partial charge in [0.05, 0.1) is 22.2 Å². The fourth-order valence-corrected chi connectivity index (χ4v) is 1.89. The van der Waals surface area contributed by atoms with Gasteiger partial charge in [0.15, 0.2) is 0 Å². The summed E-state index contributed by atoms with van der Waals surface area (Å²) in [5, 5.41) is 20.6. The first-order valence-electron chi connectivity index (χ1n) is 6.77. The van der Waals surface area contributed by atoms with Crippen molar-refractivity contribution in [2.45, 2.75) is 26.4 Å². The van der Waals surface area contributed by atoms with Gasteiger partial charge in [-0.25, -0.2) is 4.39 Å². The molecule has 0 fully saturated rings. The van der Waals surface area contributed by atoms with E-state index in [1.54, 1.807) is 20.8 Å². The zero-order valence-electron chi connectivity index (χ0n) is 12.7. The molecule has 0 spiro atoms. The third kappa shape index (κ3) is 5.25. The Hall–Kier alpha value is -2.28. The van der Waals surface area contributed by atoms with Gasteiger partial charge in [0.25, 0.3) is 5.69 Å². The van der Waals surface area contributed by atoms with Crippen LogP contribution in [-0.2, 0) is 4.79 Å². The van der Waals surface area contributed by atoms with E-state index in [2.05, 4.69) is 0 Å². The normalized spacial score (nSPS) is 11.7. The van der Waals surface area contributed by atoms with Crippen LogP contribution in [0.4, 0.5) is 10.1 Å². The number of carbonyl (C=O) groups is 1. The summed E-state index contributed by atoms with van der Waals surface area (Å²) in [5.41, 5.74) is -1.31. The number of nitro groups is 1. The molecule has 0 aliphatic rings. The topological polar surface area (TPSA) is 83.7 Å². The molecule has 0 aromatic heterocycles. The molecule has 0 aliphatic heterocycles. The van der Waals surface area contributed by atoms with Crippen LogP contribution < -0.4 is 0 Å². The number of benzene rings is 1. The van der Waals surface area contributed by atoms with Gasteiger partial charge < -0.3 is 10.0 Å². The van der Waals surface area contributed by atoms with Gasteiger partial charge in [-0.3, -0.25) is 14.9 Å². The molecule has 0 bridgehead atoms. The average Bonchev–Trinajstić information content (AvgIpc) is 2.41. The second-order valence-electron chi connectivity index (χ2n) is 5.46. The summed E-state index contributed by atoms with van der Waals surface area (Å²) in [6, 6.07) is 3.13. The number of likely N-dealkylation sites (N-methyl/N-ethyl adjacent to an activating group) is 1. The van der Waals surface area contributed by atoms with Crippen LogP contribution in [0.5, 0.6) is 0 Å². The average molecular weight is 310 g/mol. The molecule has 22 heavy (non-hydrogen) atoms. The lowest BCUT2D eigenvalue weighted by Gasteiger charge is -2.27. The standard InChI is InChI=1S/C15H19FN2O4/c1-4-17(10-15(2,3)20)14(19)8-6-11-5-7-12(16)9-13(11)18(21)22/h5-9,20H,4,10H2,1-3H3. The lowest BCUT2D eigenvalue weighted by Crippen LogP contribution is -2.41. The second-order valence-corrected chi connectivity index (χ2v) is 5.46. The summed E-state index contributed by atoms with van der Waals surface area (Å²) >= 11 is 0. The van der Waals surface area contributed by atoms with Crippen LogP contribution in [0.1, 0.15) is 26.3 Å². The van der Waals surface area contributed by atoms with Crippen LogP contribution in [0.2, 0.25) is 0 Å². The molecule has 1 aromatic carbocycles. The van der Waals surface area contributed by atoms with E-state index in [1.165, 1.54) is 23.1 Å². The van der Waals surface area contributed by atoms with Crippen molar-refractivity contribution in [1.82, 2.24) is 4.90 Å². The van der Waals surface area contributed by atoms with Crippen molar-refractivity contribution in [2.75, 3.05) is 13.1 Å². The molecule has 0 saturated carbocycles. The lowest BCUT2D eigenvalue weighted by atomic mass is 10.1. The Morgan fingerprint density at radius 3 is 2.64 bits per heavy atom. The van der Waals surface area contributed by atoms with Gasteiger partial charge in [-0.2, -0.15) is 0 Å². The smallest absolute Gasteiger partial charge is 0.279 e. The maximum atomic E-state index is 13.0. The summed E-state index contributed by atoms with van der Waals surface area (Å²) in [6.07, 6.45) is 2.45. The van der Waals surface area contributed by atoms with Gasteiger partial charge in [-0.1, -0.05) is 0 Å². The maximum absolute atomic E-state index is 13.0. The minimum atomic E-state index is -1.04. The predicted molar refractivity (Wildman–Crippen MR) is 80.6 cm³/mol. The Kier molecular flexibility index (Phi) is 5.76. The molecule has 1 rings (SSSR count). The highest BCUT2D eigenvalue weighted by molar-refractivity contribution is 5.92. The number of halogens is 1. The fourth-order valence-electron chi connectivity index (χ4n) is 1.89. The van der Waals surface area contributed by atoms with Crippen LogP contribution in [0, 0.1) is 15.9 Å². The Morgan fingerprint density at radius 1 is 1.50 bits per heavy atom. The zero-order chi connectivity index (χ0) is 16.9. The number of nitro benzene ring substituents is 1. The molecule has 0 radical (unpaired) electrons. The largest absolute Gasteiger partial charge is 0.389 e. The second kappa shape index (κ2) is 7.13. The molecule has 1 amide bonds. The monoisotopic (exact) mass is 310 g/mol. The van der Waals surface area contributed by atoms with E-state index in [9.17, 15) is 24.4 Å². The molecule has 0 saturated heterocycles. The molecule has 6 nitrogen and oxygen atoms in total. The molecule has 120 valence electrons. The summed E-state index contributed by atoms with van der Waals surface area (Å²) in [4.78, 5) is 23.6. The molecule has 0 aliphatic carbocycles. The molecule has 0 unspecified atom stereocenters. The van der Waals surface area contributed by atoms with Gasteiger partial charge >= 0.3 is 0 Å². The van der Waals surface area contributed by atoms with Gasteiger partial charge in [-0.05, 0) is 39.0 Å². The Labute approximate surface area is 128 Å². The Bertz CT molecular complexity index is 594. The van der Waals surface area contributed by atoms with Gasteiger partial charge in [0, 0.05) is 19.2 Å². The third-order valence-electron chi connectivity index (χ3n) is 2.87. The van der Waals surface area contributed by atoms with Crippen molar-refractivity contribution in [3.05, 3.63) is 45.8 Å². The van der Waals surface area contributed by atoms with Gasteiger partial charge in [0.1, 0.15) is 5.82 Å². The van der Waals surface area contributed by atoms with Crippen molar-refractivity contribution >= 4 is 17.7 Å². The molecule has 1 aromatic rings. The maximum Gasteiger partial charge on any atom is 0.279 e. The van der Waals surface area contributed by atoms with Crippen LogP contribution in [-0.4, -0.2) is 39.5 Å². The van der Waals surface area contributed by atoms with Crippen molar-refractivity contribution in [2.24, 2.45) is 0 Å². The van der Waals surface area contributed by atoms with Crippen molar-refractivity contribution in [1.29, 1.82) is 0 Å². The SMILES string of the molecule is CCN(CC(C)(C)O)C(=O)C=Cc1ccc(F)cc1[N+](=O)[O-]. The first-order chi connectivity index (χ1) is 10.1. The highest BCUT2D eigenvalue weighted by Crippen LogP contribution is 2.21. The van der Waals surface area contributed by atoms with Crippen LogP contribution in [0.25, 0.3) is 6.08 Å². The number of nitrogens with zero attached hydrogens (tertiary/aromatic N) is 2. The molecular weight excluding hydrogens is 291 g/mol. The molecule has 1 N–H and O–H groups in total. The Balaban J connectivity index is 2.96. The van der Waals surface area contributed by atoms with Crippen molar-refractivity contribution < 1.29 is 19.2 Å². The number of hydrogen-bond acceptors (Lipinski definition) is 4. The third-order valence-corrected chi connectivity index (χ3v) is 2.87. The van der Waals surface area contributed by atoms with Crippen molar-refractivity contribution in [3.63, 3.8) is 0 Å². The van der Waals surface area contributed by atoms with E-state index < -0.39 is 22.0 Å². The minimum Gasteiger partial charge on any atom is -0.389 e. The molecule has 0 atom stereocenters. The summed E-state index contributed by atoms with van der Waals surface area (Å²) < 4.78 is 13.0. The van der Waals surface area contributed by atoms with Crippen LogP contribution >= 0.6 is 0 Å². The van der Waals surface area contributed by atoms with Gasteiger partial charge in [0.2, 0.25) is 5.91 Å². The number of aliphatic hydroxyl groups is 1. The Morgan fingerprint density at radius 2 is 2.14 bits per heavy atom. The molecular formula is C15H19FN2O4. The molecule has 7 heteroatoms. The number of carbonyl (C=O) groups excluding carboxylic acids is 1. The first kappa shape index (κ1) is 17.8. The van der Waals surface area contributed by atoms with Gasteiger partial charge in [-0.15, -0.1) is 0 Å². The van der Waals surface area contributed by atoms with E-state index >= 15 is 0 Å². The van der Waals surface area contributed by atoms with Crippen LogP contribution in [0.3, 0.4) is 0 Å². The van der Waals surface area contributed by atoms with E-state index in [0.29, 0.717) is 6.54 Å². The molecule has 0 heterocycles. The predicted octanol–water partition coefficient (Wildman–Crippen LogP) is 2.37. The number of amides is 1. The van der Waals surface area contributed by atoms with E-state index in [0.717, 1.165) is 12.1 Å². The van der Waals surface area contributed by atoms with E-state index in [4.69, 9.17) is 0 Å². The summed E-state index contributed by atoms with van der Waals surface area (Å²) in [7, 11) is 0. The fraction of sp³-hybridized carbons (Fsp3) is 0.400. The lowest BCUT2D eigenvalue weighted by molar-refractivity contribution is -0.385. The highest BCUT2D eigenvalue weighted by Gasteiger charge is 2.20. The highest BCUT2D eigenvalue weighted by atomic mass is 19.1. The van der Waals surface area contributed by atoms with Crippen molar-refractivity contribution in [3.8, 4) is 0 Å². The number of hydrogen-bond donors (Lipinski definition) is 1. The van der Waals surface area contributed by atoms with E-state index in [1.807, 2.05) is 0 Å². The zero-order valence-corrected chi connectivity index (χ0v) is 12.7. The summed E-state index contributed by atoms with van der Waals surface area (Å²) in [5.74, 6) is -1.10. The summed E-state index contributed by atoms with van der Waals surface area (Å²) in [6.45, 7) is 5.45. The minimum absolute atomic E-state index is 0.137. The van der Waals surface area contributed by atoms with Crippen LogP contribution in [0.15, 0.2) is 24.3 Å². The first-order valence-corrected chi connectivity index (χ1v) is 6.77. The number of rotatable bonds is 6. The quantitative estimate of drug-likeness (QED) is 0.496. The van der Waals surface area contributed by atoms with E-state index in [-0.39, 0.29) is 18.0 Å².